The van der Waals surface area contributed by atoms with Gasteiger partial charge in [0.1, 0.15) is 4.32 Å². The van der Waals surface area contributed by atoms with Crippen LogP contribution in [0.1, 0.15) is 30.4 Å². The molecule has 34 heavy (non-hydrogen) atoms. The van der Waals surface area contributed by atoms with Gasteiger partial charge in [0.05, 0.1) is 21.7 Å². The van der Waals surface area contributed by atoms with Gasteiger partial charge in [-0.05, 0) is 43.4 Å². The quantitative estimate of drug-likeness (QED) is 0.361. The first-order valence-corrected chi connectivity index (χ1v) is 12.9. The van der Waals surface area contributed by atoms with E-state index < -0.39 is 0 Å². The Bertz CT molecular complexity index is 1340. The smallest absolute Gasteiger partial charge is 0.266 e. The van der Waals surface area contributed by atoms with Crippen molar-refractivity contribution in [3.63, 3.8) is 0 Å². The van der Waals surface area contributed by atoms with E-state index in [4.69, 9.17) is 12.2 Å². The van der Waals surface area contributed by atoms with Crippen LogP contribution >= 0.6 is 24.0 Å². The number of hydrogen-bond donors (Lipinski definition) is 0. The maximum absolute atomic E-state index is 13.5. The summed E-state index contributed by atoms with van der Waals surface area (Å²) >= 11 is 6.85. The minimum atomic E-state index is -0.106. The van der Waals surface area contributed by atoms with Gasteiger partial charge in [0, 0.05) is 32.1 Å². The predicted molar refractivity (Wildman–Crippen MR) is 145 cm³/mol. The van der Waals surface area contributed by atoms with Gasteiger partial charge < -0.3 is 9.47 Å². The van der Waals surface area contributed by atoms with Crippen LogP contribution in [-0.2, 0) is 18.3 Å². The van der Waals surface area contributed by atoms with E-state index in [1.54, 1.807) is 22.6 Å². The molecule has 2 aliphatic heterocycles. The van der Waals surface area contributed by atoms with Crippen LogP contribution in [0, 0.1) is 0 Å². The van der Waals surface area contributed by atoms with Crippen LogP contribution in [0.3, 0.4) is 0 Å². The van der Waals surface area contributed by atoms with E-state index in [0.29, 0.717) is 21.3 Å². The number of pyridine rings is 1. The molecule has 5 rings (SSSR count). The normalized spacial score (nSPS) is 17.5. The minimum Gasteiger partial charge on any atom is -0.370 e. The molecule has 0 aliphatic carbocycles. The van der Waals surface area contributed by atoms with Crippen LogP contribution in [0.2, 0.25) is 0 Å². The minimum absolute atomic E-state index is 0.0880. The molecule has 0 saturated carbocycles. The van der Waals surface area contributed by atoms with Gasteiger partial charge in [-0.2, -0.15) is 0 Å². The molecule has 3 heterocycles. The summed E-state index contributed by atoms with van der Waals surface area (Å²) < 4.78 is 2.24. The first kappa shape index (κ1) is 22.9. The fraction of sp³-hybridized carbons (Fsp3) is 0.296. The zero-order valence-corrected chi connectivity index (χ0v) is 20.8. The van der Waals surface area contributed by atoms with Crippen molar-refractivity contribution in [2.75, 3.05) is 24.5 Å². The van der Waals surface area contributed by atoms with Crippen LogP contribution in [0.5, 0.6) is 0 Å². The maximum atomic E-state index is 13.5. The van der Waals surface area contributed by atoms with Crippen molar-refractivity contribution in [3.05, 3.63) is 81.0 Å². The fourth-order valence-corrected chi connectivity index (χ4v) is 6.11. The number of aryl methyl sites for hydroxylation is 2. The topological polar surface area (TPSA) is 45.6 Å². The zero-order valence-electron chi connectivity index (χ0n) is 19.2. The highest BCUT2D eigenvalue weighted by Crippen LogP contribution is 2.37. The molecule has 1 aromatic heterocycles. The highest BCUT2D eigenvalue weighted by atomic mass is 32.2. The molecule has 2 aliphatic rings. The van der Waals surface area contributed by atoms with E-state index in [2.05, 4.69) is 23.1 Å². The van der Waals surface area contributed by atoms with Crippen molar-refractivity contribution in [1.29, 1.82) is 0 Å². The number of anilines is 1. The number of carbonyl (C=O) groups excluding carboxylic acids is 1. The summed E-state index contributed by atoms with van der Waals surface area (Å²) in [5.41, 5.74) is 3.58. The second-order valence-corrected chi connectivity index (χ2v) is 10.4. The maximum Gasteiger partial charge on any atom is 0.266 e. The molecule has 2 fully saturated rings. The first-order valence-electron chi connectivity index (χ1n) is 11.7. The molecule has 0 bridgehead atoms. The summed E-state index contributed by atoms with van der Waals surface area (Å²) in [7, 11) is 1.80. The Morgan fingerprint density at radius 3 is 2.47 bits per heavy atom. The van der Waals surface area contributed by atoms with Gasteiger partial charge in [-0.25, -0.2) is 0 Å². The number of thiocarbonyl (C=S) groups is 1. The molecule has 0 radical (unpaired) electrons. The summed E-state index contributed by atoms with van der Waals surface area (Å²) in [4.78, 5) is 31.2. The lowest BCUT2D eigenvalue weighted by Crippen LogP contribution is -2.30. The van der Waals surface area contributed by atoms with E-state index in [1.807, 2.05) is 36.4 Å². The molecule has 1 amide bonds. The second kappa shape index (κ2) is 9.76. The van der Waals surface area contributed by atoms with Crippen LogP contribution in [0.4, 0.5) is 5.69 Å². The van der Waals surface area contributed by atoms with Crippen LogP contribution in [0.15, 0.2) is 64.3 Å². The van der Waals surface area contributed by atoms with Crippen molar-refractivity contribution < 1.29 is 4.79 Å². The molecule has 2 aromatic carbocycles. The molecular weight excluding hydrogens is 462 g/mol. The summed E-state index contributed by atoms with van der Waals surface area (Å²) in [5, 5.41) is 1.04. The third kappa shape index (κ3) is 4.30. The third-order valence-electron chi connectivity index (χ3n) is 6.57. The Hall–Kier alpha value is -2.90. The average molecular weight is 490 g/mol. The van der Waals surface area contributed by atoms with Crippen molar-refractivity contribution in [2.45, 2.75) is 25.7 Å². The van der Waals surface area contributed by atoms with Crippen molar-refractivity contribution >= 4 is 56.9 Å². The largest absolute Gasteiger partial charge is 0.370 e. The zero-order chi connectivity index (χ0) is 23.7. The van der Waals surface area contributed by atoms with Gasteiger partial charge in [-0.1, -0.05) is 72.5 Å². The second-order valence-electron chi connectivity index (χ2n) is 8.76. The number of aromatic nitrogens is 1. The number of rotatable bonds is 6. The number of nitrogens with zero attached hydrogens (tertiary/aromatic N) is 3. The molecule has 174 valence electrons. The highest BCUT2D eigenvalue weighted by molar-refractivity contribution is 8.26. The Kier molecular flexibility index (Phi) is 6.57. The number of fused-ring (bicyclic) bond motifs is 1. The molecule has 2 saturated heterocycles. The molecule has 0 spiro atoms. The highest BCUT2D eigenvalue weighted by Gasteiger charge is 2.33. The number of amides is 1. The number of carbonyl (C=O) groups is 1. The first-order chi connectivity index (χ1) is 16.5. The van der Waals surface area contributed by atoms with Gasteiger partial charge in [0.15, 0.2) is 0 Å². The van der Waals surface area contributed by atoms with E-state index in [1.165, 1.54) is 17.3 Å². The van der Waals surface area contributed by atoms with Crippen molar-refractivity contribution in [1.82, 2.24) is 9.47 Å². The van der Waals surface area contributed by atoms with Crippen LogP contribution in [0.25, 0.3) is 17.0 Å². The lowest BCUT2D eigenvalue weighted by atomic mass is 10.1. The number of hydrogen-bond acceptors (Lipinski definition) is 5. The van der Waals surface area contributed by atoms with E-state index >= 15 is 0 Å². The van der Waals surface area contributed by atoms with Gasteiger partial charge in [0.2, 0.25) is 0 Å². The SMILES string of the molecule is Cn1c(=O)c(C=C2SC(=S)N(CCCc3ccccc3)C2=O)c(N2CCCC2)c2ccccc21. The van der Waals surface area contributed by atoms with E-state index in [0.717, 1.165) is 55.4 Å². The Morgan fingerprint density at radius 1 is 1.00 bits per heavy atom. The summed E-state index contributed by atoms with van der Waals surface area (Å²) in [5.74, 6) is -0.106. The van der Waals surface area contributed by atoms with Crippen LogP contribution in [-0.4, -0.2) is 39.3 Å². The fourth-order valence-electron chi connectivity index (χ4n) is 4.82. The molecule has 5 nitrogen and oxygen atoms in total. The van der Waals surface area contributed by atoms with E-state index in [9.17, 15) is 9.59 Å². The molecule has 0 atom stereocenters. The number of thioether (sulfide) groups is 1. The molecule has 0 unspecified atom stereocenters. The standard InChI is InChI=1S/C27H27N3O2S2/c1-28-22-14-6-5-13-20(22)24(29-15-7-8-16-29)21(25(28)31)18-23-26(32)30(27(33)34-23)17-9-12-19-10-3-2-4-11-19/h2-6,10-11,13-14,18H,7-9,12,15-17H2,1H3. The van der Waals surface area contributed by atoms with Crippen LogP contribution < -0.4 is 10.5 Å². The molecule has 0 N–H and O–H groups in total. The third-order valence-corrected chi connectivity index (χ3v) is 7.95. The van der Waals surface area contributed by atoms with Crippen molar-refractivity contribution in [2.24, 2.45) is 7.05 Å². The van der Waals surface area contributed by atoms with Gasteiger partial charge >= 0.3 is 0 Å². The predicted octanol–water partition coefficient (Wildman–Crippen LogP) is 4.97. The summed E-state index contributed by atoms with van der Waals surface area (Å²) in [6.45, 7) is 2.41. The van der Waals surface area contributed by atoms with Gasteiger partial charge in [-0.15, -0.1) is 0 Å². The summed E-state index contributed by atoms with van der Waals surface area (Å²) in [6.07, 6.45) is 5.71. The molecular formula is C27H27N3O2S2. The monoisotopic (exact) mass is 489 g/mol. The van der Waals surface area contributed by atoms with Crippen molar-refractivity contribution in [3.8, 4) is 0 Å². The average Bonchev–Trinajstić information content (AvgIpc) is 3.47. The van der Waals surface area contributed by atoms with Gasteiger partial charge in [-0.3, -0.25) is 14.5 Å². The number of benzene rings is 2. The molecule has 3 aromatic rings. The van der Waals surface area contributed by atoms with E-state index in [-0.39, 0.29) is 11.5 Å². The molecule has 7 heteroatoms. The Balaban J connectivity index is 1.47. The Morgan fingerprint density at radius 2 is 1.71 bits per heavy atom. The summed E-state index contributed by atoms with van der Waals surface area (Å²) in [6, 6.07) is 18.3. The van der Waals surface area contributed by atoms with Gasteiger partial charge in [0.25, 0.3) is 11.5 Å². The Labute approximate surface area is 209 Å². The lowest BCUT2D eigenvalue weighted by Gasteiger charge is -2.23. The number of para-hydroxylation sites is 1. The lowest BCUT2D eigenvalue weighted by molar-refractivity contribution is -0.122.